The van der Waals surface area contributed by atoms with Gasteiger partial charge >= 0.3 is 0 Å². The van der Waals surface area contributed by atoms with Gasteiger partial charge in [0, 0.05) is 62.0 Å². The predicted octanol–water partition coefficient (Wildman–Crippen LogP) is 8.46. The number of oxime groups is 1. The fourth-order valence-electron chi connectivity index (χ4n) is 6.15. The highest BCUT2D eigenvalue weighted by molar-refractivity contribution is 6.07. The van der Waals surface area contributed by atoms with Gasteiger partial charge in [-0.05, 0) is 89.9 Å². The van der Waals surface area contributed by atoms with E-state index in [9.17, 15) is 10.0 Å². The van der Waals surface area contributed by atoms with Crippen molar-refractivity contribution in [3.8, 4) is 16.9 Å². The van der Waals surface area contributed by atoms with Gasteiger partial charge in [-0.1, -0.05) is 69.6 Å². The van der Waals surface area contributed by atoms with Crippen molar-refractivity contribution < 1.29 is 19.5 Å². The Labute approximate surface area is 296 Å². The maximum atomic E-state index is 13.7. The van der Waals surface area contributed by atoms with Gasteiger partial charge in [0.25, 0.3) is 5.91 Å². The predicted molar refractivity (Wildman–Crippen MR) is 202 cm³/mol. The summed E-state index contributed by atoms with van der Waals surface area (Å²) in [5, 5.41) is 16.4. The highest BCUT2D eigenvalue weighted by atomic mass is 16.5. The van der Waals surface area contributed by atoms with Crippen LogP contribution in [-0.4, -0.2) is 59.3 Å². The van der Waals surface area contributed by atoms with Gasteiger partial charge in [-0.3, -0.25) is 4.79 Å². The molecule has 0 atom stereocenters. The molecule has 5 rings (SSSR count). The van der Waals surface area contributed by atoms with E-state index in [1.807, 2.05) is 53.2 Å². The van der Waals surface area contributed by atoms with E-state index >= 15 is 0 Å². The van der Waals surface area contributed by atoms with E-state index in [0.717, 1.165) is 84.8 Å². The van der Waals surface area contributed by atoms with E-state index in [4.69, 9.17) is 9.47 Å². The number of nitrogens with zero attached hydrogens (tertiary/aromatic N) is 4. The van der Waals surface area contributed by atoms with Crippen LogP contribution in [-0.2, 0) is 22.5 Å². The van der Waals surface area contributed by atoms with Crippen LogP contribution >= 0.6 is 0 Å². The van der Waals surface area contributed by atoms with Crippen LogP contribution in [0.15, 0.2) is 89.9 Å². The average Bonchev–Trinajstić information content (AvgIpc) is 3.50. The number of ether oxygens (including phenoxy) is 2. The summed E-state index contributed by atoms with van der Waals surface area (Å²) in [4.78, 5) is 20.5. The van der Waals surface area contributed by atoms with Crippen LogP contribution in [0, 0.1) is 5.92 Å². The maximum Gasteiger partial charge on any atom is 0.251 e. The van der Waals surface area contributed by atoms with Crippen molar-refractivity contribution in [2.24, 2.45) is 11.1 Å². The van der Waals surface area contributed by atoms with Gasteiger partial charge in [-0.2, -0.15) is 0 Å². The molecule has 2 heterocycles. The molecule has 50 heavy (non-hydrogen) atoms. The Morgan fingerprint density at radius 3 is 2.48 bits per heavy atom. The molecule has 0 aliphatic carbocycles. The number of benzene rings is 3. The zero-order chi connectivity index (χ0) is 35.3. The van der Waals surface area contributed by atoms with Gasteiger partial charge in [0.1, 0.15) is 18.1 Å². The van der Waals surface area contributed by atoms with Gasteiger partial charge in [-0.15, -0.1) is 0 Å². The molecule has 1 aromatic heterocycles. The minimum absolute atomic E-state index is 0.111. The lowest BCUT2D eigenvalue weighted by atomic mass is 10.00. The van der Waals surface area contributed by atoms with E-state index in [1.54, 1.807) is 6.20 Å². The summed E-state index contributed by atoms with van der Waals surface area (Å²) < 4.78 is 13.5. The number of rotatable bonds is 17. The molecule has 264 valence electrons. The number of aromatic nitrogens is 2. The van der Waals surface area contributed by atoms with Crippen molar-refractivity contribution in [2.75, 3.05) is 43.1 Å². The van der Waals surface area contributed by atoms with Gasteiger partial charge in [0.2, 0.25) is 0 Å². The molecule has 0 unspecified atom stereocenters. The standard InChI is InChI=1S/C41H51N5O4/c1-5-7-23-49-24-25-50-37-15-10-32(11-16-37)33-12-17-39-35(27-33)28-34(18-21-46(39)29-30(3)4)41(47)43-36-13-8-31(9-14-36)26-38(44-48)40-42-19-22-45(40)20-6-2/h8-17,19,22,27-28,30,48H,5-7,18,20-21,23-26,29H2,1-4H3,(H,43,47). The monoisotopic (exact) mass is 677 g/mol. The van der Waals surface area contributed by atoms with E-state index in [0.29, 0.717) is 49.2 Å². The number of nitrogens with one attached hydrogen (secondary N) is 1. The first-order valence-electron chi connectivity index (χ1n) is 17.9. The second-order valence-corrected chi connectivity index (χ2v) is 13.2. The fraction of sp³-hybridized carbons (Fsp3) is 0.390. The number of anilines is 2. The lowest BCUT2D eigenvalue weighted by Gasteiger charge is -2.27. The number of carbonyl (C=O) groups excluding carboxylic acids is 1. The first kappa shape index (κ1) is 36.4. The summed E-state index contributed by atoms with van der Waals surface area (Å²) in [5.41, 5.74) is 7.24. The van der Waals surface area contributed by atoms with Crippen molar-refractivity contribution in [3.05, 3.63) is 102 Å². The molecule has 1 aliphatic heterocycles. The van der Waals surface area contributed by atoms with E-state index in [1.165, 1.54) is 0 Å². The second kappa shape index (κ2) is 18.2. The van der Waals surface area contributed by atoms with Crippen LogP contribution in [0.3, 0.4) is 0 Å². The Balaban J connectivity index is 1.28. The Bertz CT molecular complexity index is 1740. The van der Waals surface area contributed by atoms with Gasteiger partial charge in [0.15, 0.2) is 5.82 Å². The first-order chi connectivity index (χ1) is 24.4. The molecule has 4 aromatic rings. The van der Waals surface area contributed by atoms with E-state index in [-0.39, 0.29) is 5.91 Å². The topological polar surface area (TPSA) is 101 Å². The highest BCUT2D eigenvalue weighted by Gasteiger charge is 2.21. The minimum atomic E-state index is -0.111. The molecule has 0 bridgehead atoms. The molecule has 0 saturated heterocycles. The Hall–Kier alpha value is -4.89. The lowest BCUT2D eigenvalue weighted by Crippen LogP contribution is -2.29. The molecule has 0 saturated carbocycles. The highest BCUT2D eigenvalue weighted by Crippen LogP contribution is 2.34. The smallest absolute Gasteiger partial charge is 0.251 e. The Morgan fingerprint density at radius 1 is 0.980 bits per heavy atom. The van der Waals surface area contributed by atoms with Crippen LogP contribution in [0.2, 0.25) is 0 Å². The summed E-state index contributed by atoms with van der Waals surface area (Å²) >= 11 is 0. The van der Waals surface area contributed by atoms with Crippen LogP contribution < -0.4 is 15.0 Å². The summed E-state index contributed by atoms with van der Waals surface area (Å²) in [6.45, 7) is 13.0. The number of aryl methyl sites for hydroxylation is 1. The van der Waals surface area contributed by atoms with Crippen molar-refractivity contribution in [3.63, 3.8) is 0 Å². The molecular formula is C41H51N5O4. The van der Waals surface area contributed by atoms with Crippen LogP contribution in [0.5, 0.6) is 5.75 Å². The third kappa shape index (κ3) is 9.85. The Kier molecular flexibility index (Phi) is 13.2. The summed E-state index contributed by atoms with van der Waals surface area (Å²) in [6.07, 6.45) is 9.86. The zero-order valence-corrected chi connectivity index (χ0v) is 29.9. The molecule has 0 radical (unpaired) electrons. The quantitative estimate of drug-likeness (QED) is 0.0503. The molecule has 0 spiro atoms. The lowest BCUT2D eigenvalue weighted by molar-refractivity contribution is -0.112. The molecular weight excluding hydrogens is 626 g/mol. The number of unbranched alkanes of at least 4 members (excludes halogenated alkanes) is 1. The van der Waals surface area contributed by atoms with Gasteiger partial charge < -0.3 is 29.5 Å². The van der Waals surface area contributed by atoms with Gasteiger partial charge in [-0.25, -0.2) is 4.98 Å². The number of amides is 1. The zero-order valence-electron chi connectivity index (χ0n) is 29.9. The van der Waals surface area contributed by atoms with Crippen LogP contribution in [0.4, 0.5) is 11.4 Å². The van der Waals surface area contributed by atoms with Gasteiger partial charge in [0.05, 0.1) is 6.61 Å². The molecule has 2 N–H and O–H groups in total. The number of hydrogen-bond acceptors (Lipinski definition) is 7. The summed E-state index contributed by atoms with van der Waals surface area (Å²) in [6, 6.07) is 22.3. The van der Waals surface area contributed by atoms with Crippen LogP contribution in [0.25, 0.3) is 17.2 Å². The molecule has 9 heteroatoms. The molecule has 1 aliphatic rings. The number of carbonyl (C=O) groups is 1. The Morgan fingerprint density at radius 2 is 1.76 bits per heavy atom. The van der Waals surface area contributed by atoms with E-state index < -0.39 is 0 Å². The largest absolute Gasteiger partial charge is 0.491 e. The third-order valence-corrected chi connectivity index (χ3v) is 8.69. The first-order valence-corrected chi connectivity index (χ1v) is 17.9. The second-order valence-electron chi connectivity index (χ2n) is 13.2. The number of hydrogen-bond donors (Lipinski definition) is 2. The fourth-order valence-corrected chi connectivity index (χ4v) is 6.15. The SMILES string of the molecule is CCCCOCCOc1ccc(-c2ccc3c(c2)C=C(C(=O)Nc2ccc(CC(=NO)c4nccn4CCC)cc2)CCN3CC(C)C)cc1. The number of imidazole rings is 1. The van der Waals surface area contributed by atoms with Crippen molar-refractivity contribution in [1.29, 1.82) is 0 Å². The van der Waals surface area contributed by atoms with Crippen molar-refractivity contribution in [1.82, 2.24) is 9.55 Å². The molecule has 3 aromatic carbocycles. The number of fused-ring (bicyclic) bond motifs is 1. The maximum absolute atomic E-state index is 13.7. The third-order valence-electron chi connectivity index (χ3n) is 8.69. The molecule has 0 fully saturated rings. The van der Waals surface area contributed by atoms with Crippen LogP contribution in [0.1, 0.15) is 70.3 Å². The minimum Gasteiger partial charge on any atom is -0.491 e. The van der Waals surface area contributed by atoms with Crippen molar-refractivity contribution in [2.45, 2.75) is 66.3 Å². The van der Waals surface area contributed by atoms with Crippen molar-refractivity contribution >= 4 is 29.1 Å². The molecule has 9 nitrogen and oxygen atoms in total. The van der Waals surface area contributed by atoms with E-state index in [2.05, 4.69) is 78.4 Å². The summed E-state index contributed by atoms with van der Waals surface area (Å²) in [7, 11) is 0. The molecule has 1 amide bonds. The average molecular weight is 678 g/mol. The summed E-state index contributed by atoms with van der Waals surface area (Å²) in [5.74, 6) is 1.84. The normalized spacial score (nSPS) is 13.2.